The Kier molecular flexibility index (Phi) is 4.93. The molecule has 0 aliphatic carbocycles. The maximum absolute atomic E-state index is 14.2. The van der Waals surface area contributed by atoms with Crippen molar-refractivity contribution >= 4 is 11.6 Å². The van der Waals surface area contributed by atoms with Gasteiger partial charge in [0.1, 0.15) is 11.6 Å². The lowest BCUT2D eigenvalue weighted by molar-refractivity contribution is 0.411. The van der Waals surface area contributed by atoms with E-state index >= 15 is 0 Å². The monoisotopic (exact) mass is 294 g/mol. The summed E-state index contributed by atoms with van der Waals surface area (Å²) in [6.07, 6.45) is 3.30. The van der Waals surface area contributed by atoms with Crippen molar-refractivity contribution < 1.29 is 9.13 Å². The lowest BCUT2D eigenvalue weighted by Crippen LogP contribution is -2.23. The molecule has 1 aromatic heterocycles. The first-order valence-electron chi connectivity index (χ1n) is 6.33. The van der Waals surface area contributed by atoms with E-state index in [0.717, 1.165) is 5.56 Å². The highest BCUT2D eigenvalue weighted by molar-refractivity contribution is 6.30. The van der Waals surface area contributed by atoms with Crippen LogP contribution >= 0.6 is 11.6 Å². The van der Waals surface area contributed by atoms with E-state index in [2.05, 4.69) is 10.3 Å². The van der Waals surface area contributed by atoms with Gasteiger partial charge in [0.05, 0.1) is 24.4 Å². The SMILES string of the molecule is CCNC(c1cncc(OC)c1)c1cccc(Cl)c1F. The highest BCUT2D eigenvalue weighted by Gasteiger charge is 2.19. The number of nitrogens with one attached hydrogen (secondary N) is 1. The second-order valence-corrected chi connectivity index (χ2v) is 4.70. The summed E-state index contributed by atoms with van der Waals surface area (Å²) in [6.45, 7) is 2.65. The number of halogens is 2. The Hall–Kier alpha value is -1.65. The molecule has 0 radical (unpaired) electrons. The Morgan fingerprint density at radius 3 is 2.90 bits per heavy atom. The molecule has 0 spiro atoms. The van der Waals surface area contributed by atoms with Gasteiger partial charge in [-0.15, -0.1) is 0 Å². The number of nitrogens with zero attached hydrogens (tertiary/aromatic N) is 1. The van der Waals surface area contributed by atoms with Crippen LogP contribution in [0.1, 0.15) is 24.1 Å². The predicted molar refractivity (Wildman–Crippen MR) is 77.7 cm³/mol. The van der Waals surface area contributed by atoms with Crippen LogP contribution in [0.4, 0.5) is 4.39 Å². The van der Waals surface area contributed by atoms with Gasteiger partial charge in [0.25, 0.3) is 0 Å². The number of hydrogen-bond acceptors (Lipinski definition) is 3. The van der Waals surface area contributed by atoms with Crippen LogP contribution in [0, 0.1) is 5.82 Å². The maximum Gasteiger partial charge on any atom is 0.146 e. The third-order valence-electron chi connectivity index (χ3n) is 3.00. The number of hydrogen-bond donors (Lipinski definition) is 1. The zero-order valence-electron chi connectivity index (χ0n) is 11.4. The smallest absolute Gasteiger partial charge is 0.146 e. The summed E-state index contributed by atoms with van der Waals surface area (Å²) < 4.78 is 19.4. The fourth-order valence-corrected chi connectivity index (χ4v) is 2.24. The Morgan fingerprint density at radius 2 is 2.20 bits per heavy atom. The van der Waals surface area contributed by atoms with Crippen LogP contribution < -0.4 is 10.1 Å². The maximum atomic E-state index is 14.2. The molecular formula is C15H16ClFN2O. The molecule has 0 fully saturated rings. The summed E-state index contributed by atoms with van der Waals surface area (Å²) in [4.78, 5) is 4.12. The molecule has 5 heteroatoms. The molecule has 0 aliphatic rings. The molecule has 1 unspecified atom stereocenters. The third-order valence-corrected chi connectivity index (χ3v) is 3.30. The fraction of sp³-hybridized carbons (Fsp3) is 0.267. The van der Waals surface area contributed by atoms with E-state index in [9.17, 15) is 4.39 Å². The van der Waals surface area contributed by atoms with Crippen molar-refractivity contribution in [2.45, 2.75) is 13.0 Å². The summed E-state index contributed by atoms with van der Waals surface area (Å²) >= 11 is 5.86. The van der Waals surface area contributed by atoms with E-state index in [1.165, 1.54) is 6.07 Å². The molecule has 0 bridgehead atoms. The second kappa shape index (κ2) is 6.68. The quantitative estimate of drug-likeness (QED) is 0.915. The first-order chi connectivity index (χ1) is 9.67. The molecule has 1 N–H and O–H groups in total. The zero-order chi connectivity index (χ0) is 14.5. The van der Waals surface area contributed by atoms with Crippen molar-refractivity contribution in [2.24, 2.45) is 0 Å². The Labute approximate surface area is 122 Å². The number of benzene rings is 1. The summed E-state index contributed by atoms with van der Waals surface area (Å²) in [7, 11) is 1.57. The molecular weight excluding hydrogens is 279 g/mol. The highest BCUT2D eigenvalue weighted by Crippen LogP contribution is 2.29. The normalized spacial score (nSPS) is 12.2. The van der Waals surface area contributed by atoms with Gasteiger partial charge in [-0.25, -0.2) is 4.39 Å². The molecule has 20 heavy (non-hydrogen) atoms. The molecule has 0 saturated heterocycles. The van der Waals surface area contributed by atoms with Gasteiger partial charge < -0.3 is 10.1 Å². The van der Waals surface area contributed by atoms with Crippen molar-refractivity contribution in [3.63, 3.8) is 0 Å². The van der Waals surface area contributed by atoms with E-state index in [1.54, 1.807) is 31.6 Å². The molecule has 2 aromatic rings. The van der Waals surface area contributed by atoms with Gasteiger partial charge in [-0.3, -0.25) is 4.98 Å². The summed E-state index contributed by atoms with van der Waals surface area (Å²) in [5, 5.41) is 3.35. The third kappa shape index (κ3) is 3.08. The van der Waals surface area contributed by atoms with Gasteiger partial charge in [0.2, 0.25) is 0 Å². The topological polar surface area (TPSA) is 34.2 Å². The lowest BCUT2D eigenvalue weighted by atomic mass is 9.99. The van der Waals surface area contributed by atoms with Gasteiger partial charge in [-0.05, 0) is 24.2 Å². The van der Waals surface area contributed by atoms with Crippen LogP contribution in [0.15, 0.2) is 36.7 Å². The summed E-state index contributed by atoms with van der Waals surface area (Å²) in [5.41, 5.74) is 1.32. The minimum Gasteiger partial charge on any atom is -0.495 e. The molecule has 3 nitrogen and oxygen atoms in total. The van der Waals surface area contributed by atoms with E-state index < -0.39 is 5.82 Å². The van der Waals surface area contributed by atoms with E-state index in [4.69, 9.17) is 16.3 Å². The fourth-order valence-electron chi connectivity index (χ4n) is 2.06. The minimum atomic E-state index is -0.414. The van der Waals surface area contributed by atoms with Crippen molar-refractivity contribution in [1.29, 1.82) is 0 Å². The molecule has 1 aromatic carbocycles. The van der Waals surface area contributed by atoms with Crippen molar-refractivity contribution in [3.8, 4) is 5.75 Å². The Bertz CT molecular complexity index is 592. The van der Waals surface area contributed by atoms with Crippen LogP contribution in [0.2, 0.25) is 5.02 Å². The van der Waals surface area contributed by atoms with Gasteiger partial charge >= 0.3 is 0 Å². The first kappa shape index (κ1) is 14.8. The van der Waals surface area contributed by atoms with Crippen molar-refractivity contribution in [2.75, 3.05) is 13.7 Å². The van der Waals surface area contributed by atoms with Gasteiger partial charge in [-0.1, -0.05) is 30.7 Å². The Morgan fingerprint density at radius 1 is 1.40 bits per heavy atom. The number of aromatic nitrogens is 1. The largest absolute Gasteiger partial charge is 0.495 e. The second-order valence-electron chi connectivity index (χ2n) is 4.29. The standard InChI is InChI=1S/C15H16ClFN2O/c1-3-19-15(10-7-11(20-2)9-18-8-10)12-5-4-6-13(16)14(12)17/h4-9,15,19H,3H2,1-2H3. The van der Waals surface area contributed by atoms with Crippen LogP contribution in [0.3, 0.4) is 0 Å². The van der Waals surface area contributed by atoms with Crippen LogP contribution in [0.25, 0.3) is 0 Å². The van der Waals surface area contributed by atoms with Crippen LogP contribution in [0.5, 0.6) is 5.75 Å². The summed E-state index contributed by atoms with van der Waals surface area (Å²) in [6, 6.07) is 6.50. The molecule has 0 amide bonds. The van der Waals surface area contributed by atoms with Gasteiger partial charge in [0.15, 0.2) is 0 Å². The van der Waals surface area contributed by atoms with Crippen molar-refractivity contribution in [3.05, 3.63) is 58.6 Å². The van der Waals surface area contributed by atoms with Gasteiger partial charge in [0, 0.05) is 11.8 Å². The average molecular weight is 295 g/mol. The predicted octanol–water partition coefficient (Wildman–Crippen LogP) is 3.58. The lowest BCUT2D eigenvalue weighted by Gasteiger charge is -2.20. The molecule has 2 rings (SSSR count). The first-order valence-corrected chi connectivity index (χ1v) is 6.71. The van der Waals surface area contributed by atoms with Crippen LogP contribution in [-0.2, 0) is 0 Å². The molecule has 0 saturated carbocycles. The van der Waals surface area contributed by atoms with E-state index in [1.807, 2.05) is 13.0 Å². The molecule has 106 valence electrons. The molecule has 1 heterocycles. The number of ether oxygens (including phenoxy) is 1. The van der Waals surface area contributed by atoms with E-state index in [0.29, 0.717) is 17.9 Å². The summed E-state index contributed by atoms with van der Waals surface area (Å²) in [5.74, 6) is 0.218. The zero-order valence-corrected chi connectivity index (χ0v) is 12.1. The molecule has 1 atom stereocenters. The number of rotatable bonds is 5. The Balaban J connectivity index is 2.47. The highest BCUT2D eigenvalue weighted by atomic mass is 35.5. The molecule has 0 aliphatic heterocycles. The number of methoxy groups -OCH3 is 1. The van der Waals surface area contributed by atoms with E-state index in [-0.39, 0.29) is 11.1 Å². The average Bonchev–Trinajstić information content (AvgIpc) is 2.48. The van der Waals surface area contributed by atoms with Crippen LogP contribution in [-0.4, -0.2) is 18.6 Å². The number of pyridine rings is 1. The minimum absolute atomic E-state index is 0.112. The van der Waals surface area contributed by atoms with Gasteiger partial charge in [-0.2, -0.15) is 0 Å². The van der Waals surface area contributed by atoms with Crippen molar-refractivity contribution in [1.82, 2.24) is 10.3 Å².